The minimum absolute atomic E-state index is 0.253. The highest BCUT2D eigenvalue weighted by atomic mass is 16.4. The van der Waals surface area contributed by atoms with Gasteiger partial charge < -0.3 is 10.4 Å². The Morgan fingerprint density at radius 3 is 2.43 bits per heavy atom. The van der Waals surface area contributed by atoms with Crippen LogP contribution in [0.2, 0.25) is 0 Å². The van der Waals surface area contributed by atoms with E-state index in [9.17, 15) is 4.79 Å². The van der Waals surface area contributed by atoms with E-state index in [1.165, 1.54) is 5.56 Å². The van der Waals surface area contributed by atoms with E-state index >= 15 is 0 Å². The number of aromatic carboxylic acids is 1. The average molecular weight is 284 g/mol. The normalized spacial score (nSPS) is 10.7. The fourth-order valence-electron chi connectivity index (χ4n) is 2.06. The molecule has 1 heterocycles. The molecule has 0 fully saturated rings. The van der Waals surface area contributed by atoms with E-state index in [0.717, 1.165) is 11.4 Å². The molecule has 2 N–H and O–H groups in total. The van der Waals surface area contributed by atoms with Crippen molar-refractivity contribution in [3.05, 3.63) is 53.2 Å². The van der Waals surface area contributed by atoms with Gasteiger partial charge in [0.1, 0.15) is 5.82 Å². The second kappa shape index (κ2) is 6.39. The van der Waals surface area contributed by atoms with E-state index in [0.29, 0.717) is 18.2 Å². The molecule has 4 heteroatoms. The van der Waals surface area contributed by atoms with Gasteiger partial charge in [-0.1, -0.05) is 32.9 Å². The van der Waals surface area contributed by atoms with Crippen molar-refractivity contribution in [3.63, 3.8) is 0 Å². The molecule has 0 radical (unpaired) electrons. The summed E-state index contributed by atoms with van der Waals surface area (Å²) in [4.78, 5) is 15.6. The average Bonchev–Trinajstić information content (AvgIpc) is 2.47. The molecule has 21 heavy (non-hydrogen) atoms. The molecule has 0 atom stereocenters. The summed E-state index contributed by atoms with van der Waals surface area (Å²) in [6.07, 6.45) is 0.697. The van der Waals surface area contributed by atoms with Gasteiger partial charge in [0.05, 0.1) is 5.56 Å². The molecule has 0 saturated carbocycles. The molecular weight excluding hydrogens is 264 g/mol. The Kier molecular flexibility index (Phi) is 4.58. The van der Waals surface area contributed by atoms with Crippen LogP contribution < -0.4 is 5.32 Å². The van der Waals surface area contributed by atoms with Crippen molar-refractivity contribution in [1.29, 1.82) is 0 Å². The minimum atomic E-state index is -0.940. The Morgan fingerprint density at radius 1 is 1.24 bits per heavy atom. The van der Waals surface area contributed by atoms with E-state index in [2.05, 4.69) is 36.3 Å². The molecule has 0 aliphatic rings. The lowest BCUT2D eigenvalue weighted by atomic mass is 10.0. The quantitative estimate of drug-likeness (QED) is 0.863. The minimum Gasteiger partial charge on any atom is -0.478 e. The molecular formula is C17H20N2O2. The van der Waals surface area contributed by atoms with Crippen molar-refractivity contribution in [2.75, 3.05) is 5.32 Å². The molecule has 110 valence electrons. The number of anilines is 2. The van der Waals surface area contributed by atoms with Crippen molar-refractivity contribution in [3.8, 4) is 0 Å². The number of hydrogen-bond donors (Lipinski definition) is 2. The summed E-state index contributed by atoms with van der Waals surface area (Å²) in [5.41, 5.74) is 3.18. The van der Waals surface area contributed by atoms with Gasteiger partial charge in [-0.05, 0) is 42.2 Å². The van der Waals surface area contributed by atoms with Crippen LogP contribution in [0.3, 0.4) is 0 Å². The summed E-state index contributed by atoms with van der Waals surface area (Å²) in [7, 11) is 0. The number of carboxylic acids is 1. The predicted octanol–water partition coefficient (Wildman–Crippen LogP) is 4.21. The van der Waals surface area contributed by atoms with Crippen molar-refractivity contribution in [2.45, 2.75) is 33.1 Å². The van der Waals surface area contributed by atoms with E-state index in [-0.39, 0.29) is 5.56 Å². The van der Waals surface area contributed by atoms with Gasteiger partial charge in [0.2, 0.25) is 0 Å². The summed E-state index contributed by atoms with van der Waals surface area (Å²) in [5, 5.41) is 12.3. The Hall–Kier alpha value is -2.36. The molecule has 4 nitrogen and oxygen atoms in total. The number of aryl methyl sites for hydroxylation is 1. The highest BCUT2D eigenvalue weighted by molar-refractivity contribution is 5.88. The Labute approximate surface area is 124 Å². The lowest BCUT2D eigenvalue weighted by Crippen LogP contribution is -2.03. The molecule has 1 aromatic heterocycles. The number of rotatable bonds is 5. The van der Waals surface area contributed by atoms with Gasteiger partial charge >= 0.3 is 5.97 Å². The van der Waals surface area contributed by atoms with Gasteiger partial charge in [0, 0.05) is 11.4 Å². The van der Waals surface area contributed by atoms with Crippen LogP contribution in [0.25, 0.3) is 0 Å². The van der Waals surface area contributed by atoms with Crippen molar-refractivity contribution in [2.24, 2.45) is 0 Å². The predicted molar refractivity (Wildman–Crippen MR) is 84.4 cm³/mol. The molecule has 0 aliphatic heterocycles. The zero-order chi connectivity index (χ0) is 15.4. The summed E-state index contributed by atoms with van der Waals surface area (Å²) in [6, 6.07) is 11.3. The van der Waals surface area contributed by atoms with Gasteiger partial charge in [0.15, 0.2) is 0 Å². The molecule has 0 spiro atoms. The highest BCUT2D eigenvalue weighted by Gasteiger charge is 2.08. The van der Waals surface area contributed by atoms with Crippen LogP contribution in [0.1, 0.15) is 48.3 Å². The third kappa shape index (κ3) is 3.81. The van der Waals surface area contributed by atoms with Crippen molar-refractivity contribution >= 4 is 17.5 Å². The molecule has 0 unspecified atom stereocenters. The first-order chi connectivity index (χ1) is 9.99. The summed E-state index contributed by atoms with van der Waals surface area (Å²) < 4.78 is 0. The lowest BCUT2D eigenvalue weighted by Gasteiger charge is -2.10. The van der Waals surface area contributed by atoms with E-state index < -0.39 is 5.97 Å². The summed E-state index contributed by atoms with van der Waals surface area (Å²) in [5.74, 6) is 0.105. The SMILES string of the molecule is CCc1cc(C(=O)O)cc(Nc2ccc(C(C)C)cc2)n1. The maximum absolute atomic E-state index is 11.1. The van der Waals surface area contributed by atoms with Gasteiger partial charge in [0.25, 0.3) is 0 Å². The number of pyridine rings is 1. The maximum atomic E-state index is 11.1. The smallest absolute Gasteiger partial charge is 0.335 e. The molecule has 1 aromatic carbocycles. The van der Waals surface area contributed by atoms with Gasteiger partial charge in [-0.3, -0.25) is 0 Å². The van der Waals surface area contributed by atoms with Crippen LogP contribution in [0.5, 0.6) is 0 Å². The van der Waals surface area contributed by atoms with Crippen molar-refractivity contribution in [1.82, 2.24) is 4.98 Å². The molecule has 0 amide bonds. The van der Waals surface area contributed by atoms with Crippen LogP contribution >= 0.6 is 0 Å². The monoisotopic (exact) mass is 284 g/mol. The second-order valence-electron chi connectivity index (χ2n) is 5.29. The molecule has 2 aromatic rings. The van der Waals surface area contributed by atoms with E-state index in [4.69, 9.17) is 5.11 Å². The van der Waals surface area contributed by atoms with Gasteiger partial charge in [-0.15, -0.1) is 0 Å². The number of benzene rings is 1. The molecule has 0 bridgehead atoms. The number of carboxylic acid groups (broad SMARTS) is 1. The first-order valence-corrected chi connectivity index (χ1v) is 7.11. The van der Waals surface area contributed by atoms with Crippen LogP contribution in [0.15, 0.2) is 36.4 Å². The van der Waals surface area contributed by atoms with Gasteiger partial charge in [-0.2, -0.15) is 0 Å². The Bertz CT molecular complexity index is 634. The van der Waals surface area contributed by atoms with E-state index in [1.54, 1.807) is 12.1 Å². The Morgan fingerprint density at radius 2 is 1.90 bits per heavy atom. The van der Waals surface area contributed by atoms with Crippen LogP contribution in [-0.4, -0.2) is 16.1 Å². The first kappa shape index (κ1) is 15.0. The molecule has 0 aliphatic carbocycles. The van der Waals surface area contributed by atoms with Crippen LogP contribution in [0, 0.1) is 0 Å². The third-order valence-corrected chi connectivity index (χ3v) is 3.34. The summed E-state index contributed by atoms with van der Waals surface area (Å²) >= 11 is 0. The lowest BCUT2D eigenvalue weighted by molar-refractivity contribution is 0.0696. The topological polar surface area (TPSA) is 62.2 Å². The summed E-state index contributed by atoms with van der Waals surface area (Å²) in [6.45, 7) is 6.25. The maximum Gasteiger partial charge on any atom is 0.335 e. The molecule has 2 rings (SSSR count). The number of nitrogens with zero attached hydrogens (tertiary/aromatic N) is 1. The fourth-order valence-corrected chi connectivity index (χ4v) is 2.06. The number of aromatic nitrogens is 1. The number of hydrogen-bond acceptors (Lipinski definition) is 3. The second-order valence-corrected chi connectivity index (χ2v) is 5.29. The van der Waals surface area contributed by atoms with Crippen LogP contribution in [0.4, 0.5) is 11.5 Å². The standard InChI is InChI=1S/C17H20N2O2/c1-4-14-9-13(17(20)21)10-16(18-14)19-15-7-5-12(6-8-15)11(2)3/h5-11H,4H2,1-3H3,(H,18,19)(H,20,21). The Balaban J connectivity index is 2.26. The zero-order valence-electron chi connectivity index (χ0n) is 12.6. The first-order valence-electron chi connectivity index (χ1n) is 7.11. The van der Waals surface area contributed by atoms with E-state index in [1.807, 2.05) is 19.1 Å². The zero-order valence-corrected chi connectivity index (χ0v) is 12.6. The molecule has 0 saturated heterocycles. The fraction of sp³-hybridized carbons (Fsp3) is 0.294. The highest BCUT2D eigenvalue weighted by Crippen LogP contribution is 2.21. The number of carbonyl (C=O) groups is 1. The largest absolute Gasteiger partial charge is 0.478 e. The number of nitrogens with one attached hydrogen (secondary N) is 1. The van der Waals surface area contributed by atoms with Gasteiger partial charge in [-0.25, -0.2) is 9.78 Å². The van der Waals surface area contributed by atoms with Crippen LogP contribution in [-0.2, 0) is 6.42 Å². The van der Waals surface area contributed by atoms with Crippen molar-refractivity contribution < 1.29 is 9.90 Å². The third-order valence-electron chi connectivity index (χ3n) is 3.34.